The molecule has 6 heteroatoms. The minimum atomic E-state index is -0.940. The van der Waals surface area contributed by atoms with Crippen molar-refractivity contribution >= 4 is 22.7 Å². The van der Waals surface area contributed by atoms with Gasteiger partial charge in [-0.2, -0.15) is 0 Å². The molecule has 0 radical (unpaired) electrons. The molecule has 0 saturated carbocycles. The number of hydrogen-bond donors (Lipinski definition) is 3. The Balaban J connectivity index is 2.12. The first-order valence-electron chi connectivity index (χ1n) is 7.12. The number of benzene rings is 1. The average Bonchev–Trinajstić information content (AvgIpc) is 2.45. The summed E-state index contributed by atoms with van der Waals surface area (Å²) in [4.78, 5) is 23.2. The normalized spacial score (nSPS) is 13.6. The maximum absolute atomic E-state index is 11.8. The van der Waals surface area contributed by atoms with Crippen molar-refractivity contribution < 1.29 is 14.3 Å². The molecule has 0 aliphatic heterocycles. The van der Waals surface area contributed by atoms with Crippen molar-refractivity contribution in [3.63, 3.8) is 0 Å². The van der Waals surface area contributed by atoms with Crippen molar-refractivity contribution in [3.05, 3.63) is 40.2 Å². The number of aryl methyl sites for hydroxylation is 1. The highest BCUT2D eigenvalue weighted by atomic mass is 16.4. The Morgan fingerprint density at radius 2 is 2.09 bits per heavy atom. The molecule has 0 saturated heterocycles. The van der Waals surface area contributed by atoms with E-state index in [0.29, 0.717) is 17.7 Å². The Labute approximate surface area is 128 Å². The van der Waals surface area contributed by atoms with Crippen molar-refractivity contribution in [2.24, 2.45) is 0 Å². The van der Waals surface area contributed by atoms with E-state index in [0.717, 1.165) is 10.9 Å². The van der Waals surface area contributed by atoms with Gasteiger partial charge in [0, 0.05) is 29.8 Å². The third kappa shape index (κ3) is 3.85. The first kappa shape index (κ1) is 16.0. The second-order valence-electron chi connectivity index (χ2n) is 5.62. The van der Waals surface area contributed by atoms with E-state index in [1.54, 1.807) is 25.1 Å². The maximum atomic E-state index is 11.8. The van der Waals surface area contributed by atoms with E-state index in [1.165, 1.54) is 6.07 Å². The summed E-state index contributed by atoms with van der Waals surface area (Å²) in [6.45, 7) is 5.47. The summed E-state index contributed by atoms with van der Waals surface area (Å²) in [6.07, 6.45) is 0.535. The SMILES string of the molecule is CC[C@](C)(O)CNC(=O)Nc1ccc2c(C)cc(=O)oc2c1. The molecule has 1 atom stereocenters. The van der Waals surface area contributed by atoms with Crippen LogP contribution in [0.2, 0.25) is 0 Å². The van der Waals surface area contributed by atoms with E-state index in [9.17, 15) is 14.7 Å². The zero-order valence-corrected chi connectivity index (χ0v) is 12.9. The minimum Gasteiger partial charge on any atom is -0.423 e. The number of carbonyl (C=O) groups excluding carboxylic acids is 1. The molecule has 0 bridgehead atoms. The Morgan fingerprint density at radius 1 is 1.36 bits per heavy atom. The number of anilines is 1. The van der Waals surface area contributed by atoms with Gasteiger partial charge in [0.2, 0.25) is 0 Å². The Kier molecular flexibility index (Phi) is 4.51. The zero-order valence-electron chi connectivity index (χ0n) is 12.9. The van der Waals surface area contributed by atoms with Crippen LogP contribution in [0.25, 0.3) is 11.0 Å². The largest absolute Gasteiger partial charge is 0.423 e. The summed E-state index contributed by atoms with van der Waals surface area (Å²) in [5, 5.41) is 15.9. The third-order valence-electron chi connectivity index (χ3n) is 3.60. The molecule has 2 rings (SSSR count). The molecule has 6 nitrogen and oxygen atoms in total. The van der Waals surface area contributed by atoms with Crippen LogP contribution in [0.5, 0.6) is 0 Å². The molecule has 1 aromatic heterocycles. The molecule has 118 valence electrons. The number of fused-ring (bicyclic) bond motifs is 1. The zero-order chi connectivity index (χ0) is 16.3. The second-order valence-corrected chi connectivity index (χ2v) is 5.62. The lowest BCUT2D eigenvalue weighted by atomic mass is 10.0. The number of rotatable bonds is 4. The predicted molar refractivity (Wildman–Crippen MR) is 85.2 cm³/mol. The third-order valence-corrected chi connectivity index (χ3v) is 3.60. The van der Waals surface area contributed by atoms with Gasteiger partial charge in [-0.3, -0.25) is 0 Å². The minimum absolute atomic E-state index is 0.150. The molecule has 2 aromatic rings. The van der Waals surface area contributed by atoms with Gasteiger partial charge < -0.3 is 20.2 Å². The van der Waals surface area contributed by atoms with Gasteiger partial charge in [-0.25, -0.2) is 9.59 Å². The van der Waals surface area contributed by atoms with E-state index in [4.69, 9.17) is 4.42 Å². The number of urea groups is 1. The van der Waals surface area contributed by atoms with Crippen molar-refractivity contribution in [1.29, 1.82) is 0 Å². The van der Waals surface area contributed by atoms with Gasteiger partial charge in [0.1, 0.15) is 5.58 Å². The van der Waals surface area contributed by atoms with Gasteiger partial charge in [-0.15, -0.1) is 0 Å². The molecular weight excluding hydrogens is 284 g/mol. The van der Waals surface area contributed by atoms with E-state index >= 15 is 0 Å². The summed E-state index contributed by atoms with van der Waals surface area (Å²) in [6, 6.07) is 6.11. The fourth-order valence-corrected chi connectivity index (χ4v) is 1.97. The smallest absolute Gasteiger partial charge is 0.336 e. The van der Waals surface area contributed by atoms with Gasteiger partial charge >= 0.3 is 11.7 Å². The topological polar surface area (TPSA) is 91.6 Å². The fraction of sp³-hybridized carbons (Fsp3) is 0.375. The fourth-order valence-electron chi connectivity index (χ4n) is 1.97. The molecular formula is C16H20N2O4. The van der Waals surface area contributed by atoms with Gasteiger partial charge in [0.05, 0.1) is 5.60 Å². The average molecular weight is 304 g/mol. The lowest BCUT2D eigenvalue weighted by Crippen LogP contribution is -2.41. The quantitative estimate of drug-likeness (QED) is 0.756. The molecule has 0 aliphatic carbocycles. The molecule has 2 amide bonds. The van der Waals surface area contributed by atoms with Gasteiger partial charge in [-0.05, 0) is 38.0 Å². The van der Waals surface area contributed by atoms with Crippen molar-refractivity contribution in [2.45, 2.75) is 32.8 Å². The van der Waals surface area contributed by atoms with Crippen LogP contribution in [0.3, 0.4) is 0 Å². The van der Waals surface area contributed by atoms with Crippen molar-refractivity contribution in [3.8, 4) is 0 Å². The van der Waals surface area contributed by atoms with Gasteiger partial charge in [0.15, 0.2) is 0 Å². The highest BCUT2D eigenvalue weighted by Gasteiger charge is 2.18. The number of nitrogens with one attached hydrogen (secondary N) is 2. The highest BCUT2D eigenvalue weighted by Crippen LogP contribution is 2.20. The van der Waals surface area contributed by atoms with E-state index in [1.807, 2.05) is 13.8 Å². The van der Waals surface area contributed by atoms with Gasteiger partial charge in [0.25, 0.3) is 0 Å². The lowest BCUT2D eigenvalue weighted by molar-refractivity contribution is 0.0587. The van der Waals surface area contributed by atoms with Crippen LogP contribution < -0.4 is 16.3 Å². The molecule has 22 heavy (non-hydrogen) atoms. The van der Waals surface area contributed by atoms with E-state index in [-0.39, 0.29) is 6.54 Å². The number of amides is 2. The van der Waals surface area contributed by atoms with Crippen molar-refractivity contribution in [2.75, 3.05) is 11.9 Å². The summed E-state index contributed by atoms with van der Waals surface area (Å²) in [7, 11) is 0. The van der Waals surface area contributed by atoms with Crippen LogP contribution in [0.15, 0.2) is 33.5 Å². The molecule has 1 aromatic carbocycles. The molecule has 0 fully saturated rings. The standard InChI is InChI=1S/C16H20N2O4/c1-4-16(3,21)9-17-15(20)18-11-5-6-12-10(2)7-14(19)22-13(12)8-11/h5-8,21H,4,9H2,1-3H3,(H2,17,18,20)/t16-/m0/s1. The van der Waals surface area contributed by atoms with Crippen LogP contribution >= 0.6 is 0 Å². The van der Waals surface area contributed by atoms with Gasteiger partial charge in [-0.1, -0.05) is 6.92 Å². The molecule has 3 N–H and O–H groups in total. The Hall–Kier alpha value is -2.34. The van der Waals surface area contributed by atoms with Crippen LogP contribution in [0.4, 0.5) is 10.5 Å². The number of carbonyl (C=O) groups is 1. The highest BCUT2D eigenvalue weighted by molar-refractivity contribution is 5.92. The first-order chi connectivity index (χ1) is 10.3. The first-order valence-corrected chi connectivity index (χ1v) is 7.12. The van der Waals surface area contributed by atoms with Crippen LogP contribution in [0.1, 0.15) is 25.8 Å². The Morgan fingerprint density at radius 3 is 2.77 bits per heavy atom. The van der Waals surface area contributed by atoms with E-state index in [2.05, 4.69) is 10.6 Å². The predicted octanol–water partition coefficient (Wildman–Crippen LogP) is 2.38. The lowest BCUT2D eigenvalue weighted by Gasteiger charge is -2.21. The summed E-state index contributed by atoms with van der Waals surface area (Å²) in [5.74, 6) is 0. The number of hydrogen-bond acceptors (Lipinski definition) is 4. The van der Waals surface area contributed by atoms with Crippen LogP contribution in [-0.2, 0) is 0 Å². The molecule has 0 spiro atoms. The molecule has 0 unspecified atom stereocenters. The van der Waals surface area contributed by atoms with Crippen LogP contribution in [-0.4, -0.2) is 23.3 Å². The van der Waals surface area contributed by atoms with Crippen molar-refractivity contribution in [1.82, 2.24) is 5.32 Å². The van der Waals surface area contributed by atoms with E-state index < -0.39 is 17.3 Å². The molecule has 1 heterocycles. The summed E-state index contributed by atoms with van der Waals surface area (Å²) in [5.41, 5.74) is 0.384. The summed E-state index contributed by atoms with van der Waals surface area (Å²) < 4.78 is 5.13. The summed E-state index contributed by atoms with van der Waals surface area (Å²) >= 11 is 0. The molecule has 0 aliphatic rings. The van der Waals surface area contributed by atoms with Crippen LogP contribution in [0, 0.1) is 6.92 Å². The number of aliphatic hydroxyl groups is 1. The second kappa shape index (κ2) is 6.19. The Bertz CT molecular complexity index is 749. The monoisotopic (exact) mass is 304 g/mol. The maximum Gasteiger partial charge on any atom is 0.336 e.